The zero-order valence-electron chi connectivity index (χ0n) is 17.0. The van der Waals surface area contributed by atoms with Crippen molar-refractivity contribution in [1.29, 1.82) is 0 Å². The molecule has 0 radical (unpaired) electrons. The van der Waals surface area contributed by atoms with E-state index in [1.54, 1.807) is 0 Å². The van der Waals surface area contributed by atoms with Gasteiger partial charge in [0.2, 0.25) is 0 Å². The van der Waals surface area contributed by atoms with E-state index in [4.69, 9.17) is 9.90 Å². The first-order valence-electron chi connectivity index (χ1n) is 9.84. The van der Waals surface area contributed by atoms with Crippen LogP contribution < -0.4 is 10.6 Å². The van der Waals surface area contributed by atoms with Crippen molar-refractivity contribution in [3.05, 3.63) is 90.6 Å². The summed E-state index contributed by atoms with van der Waals surface area (Å²) in [6, 6.07) is 27.1. The number of anilines is 3. The number of aromatic amines is 1. The third-order valence-electron chi connectivity index (χ3n) is 4.59. The fourth-order valence-corrected chi connectivity index (χ4v) is 3.04. The van der Waals surface area contributed by atoms with Gasteiger partial charge in [-0.3, -0.25) is 0 Å². The number of carbonyl (C=O) groups is 1. The highest BCUT2D eigenvalue weighted by Crippen LogP contribution is 2.20. The Morgan fingerprint density at radius 1 is 0.844 bits per heavy atom. The number of rotatable bonds is 6. The molecule has 0 bridgehead atoms. The molecule has 4 N–H and O–H groups in total. The van der Waals surface area contributed by atoms with E-state index in [9.17, 15) is 13.2 Å². The molecule has 1 heterocycles. The van der Waals surface area contributed by atoms with Crippen molar-refractivity contribution in [2.45, 2.75) is 12.6 Å². The van der Waals surface area contributed by atoms with E-state index in [0.29, 0.717) is 0 Å². The number of aliphatic carboxylic acids is 1. The van der Waals surface area contributed by atoms with Crippen LogP contribution in [0.25, 0.3) is 10.9 Å². The molecule has 0 saturated heterocycles. The lowest BCUT2D eigenvalue weighted by Gasteiger charge is -2.09. The molecule has 0 aliphatic rings. The Morgan fingerprint density at radius 3 is 2.06 bits per heavy atom. The van der Waals surface area contributed by atoms with Crippen LogP contribution in [-0.2, 0) is 11.2 Å². The molecule has 0 amide bonds. The fourth-order valence-electron chi connectivity index (χ4n) is 3.04. The highest BCUT2D eigenvalue weighted by Gasteiger charge is 2.38. The standard InChI is InChI=1S/C22H21N3.C2HF3O2/c1-2-6-19(7-3-1)25-20-12-10-18(11-13-20)23-15-14-17-16-24-22-9-5-4-8-21(17)22;3-2(4,5)1(6)7/h1-13,16,23-25H,14-15H2;(H,6,7). The Balaban J connectivity index is 0.000000360. The maximum atomic E-state index is 10.6. The van der Waals surface area contributed by atoms with Crippen LogP contribution in [0.4, 0.5) is 30.2 Å². The van der Waals surface area contributed by atoms with Gasteiger partial charge in [-0.05, 0) is 54.4 Å². The number of carboxylic acid groups (broad SMARTS) is 1. The molecule has 0 unspecified atom stereocenters. The van der Waals surface area contributed by atoms with E-state index in [2.05, 4.69) is 82.5 Å². The third-order valence-corrected chi connectivity index (χ3v) is 4.59. The molecule has 5 nitrogen and oxygen atoms in total. The molecule has 0 atom stereocenters. The summed E-state index contributed by atoms with van der Waals surface area (Å²) >= 11 is 0. The van der Waals surface area contributed by atoms with Crippen molar-refractivity contribution in [2.75, 3.05) is 17.2 Å². The van der Waals surface area contributed by atoms with Crippen LogP contribution in [0, 0.1) is 0 Å². The SMILES string of the molecule is O=C(O)C(F)(F)F.c1ccc(Nc2ccc(NCCc3c[nH]c4ccccc34)cc2)cc1. The number of para-hydroxylation sites is 2. The van der Waals surface area contributed by atoms with Gasteiger partial charge < -0.3 is 20.7 Å². The maximum absolute atomic E-state index is 10.6. The van der Waals surface area contributed by atoms with Gasteiger partial charge in [0.15, 0.2) is 0 Å². The molecule has 0 aliphatic carbocycles. The minimum absolute atomic E-state index is 0.910. The Bertz CT molecular complexity index is 1140. The summed E-state index contributed by atoms with van der Waals surface area (Å²) in [5, 5.41) is 15.3. The van der Waals surface area contributed by atoms with Crippen molar-refractivity contribution in [1.82, 2.24) is 4.98 Å². The fraction of sp³-hybridized carbons (Fsp3) is 0.125. The molecule has 0 aliphatic heterocycles. The monoisotopic (exact) mass is 441 g/mol. The number of carboxylic acids is 1. The zero-order valence-corrected chi connectivity index (χ0v) is 17.0. The molecule has 0 saturated carbocycles. The van der Waals surface area contributed by atoms with Crippen molar-refractivity contribution in [2.24, 2.45) is 0 Å². The highest BCUT2D eigenvalue weighted by atomic mass is 19.4. The van der Waals surface area contributed by atoms with Gasteiger partial charge >= 0.3 is 12.1 Å². The normalized spacial score (nSPS) is 10.8. The minimum Gasteiger partial charge on any atom is -0.475 e. The van der Waals surface area contributed by atoms with E-state index >= 15 is 0 Å². The van der Waals surface area contributed by atoms with E-state index in [1.165, 1.54) is 16.5 Å². The van der Waals surface area contributed by atoms with Crippen molar-refractivity contribution in [3.8, 4) is 0 Å². The first-order chi connectivity index (χ1) is 15.3. The molecule has 0 fully saturated rings. The van der Waals surface area contributed by atoms with Crippen LogP contribution in [0.15, 0.2) is 85.1 Å². The largest absolute Gasteiger partial charge is 0.490 e. The van der Waals surface area contributed by atoms with Gasteiger partial charge in [0.1, 0.15) is 0 Å². The van der Waals surface area contributed by atoms with Gasteiger partial charge in [-0.2, -0.15) is 13.2 Å². The number of nitrogens with one attached hydrogen (secondary N) is 3. The van der Waals surface area contributed by atoms with Crippen LogP contribution in [-0.4, -0.2) is 28.8 Å². The van der Waals surface area contributed by atoms with Crippen LogP contribution >= 0.6 is 0 Å². The van der Waals surface area contributed by atoms with E-state index in [1.807, 2.05) is 18.2 Å². The lowest BCUT2D eigenvalue weighted by atomic mass is 10.1. The van der Waals surface area contributed by atoms with Crippen LogP contribution in [0.3, 0.4) is 0 Å². The number of halogens is 3. The second-order valence-corrected chi connectivity index (χ2v) is 6.91. The van der Waals surface area contributed by atoms with Crippen molar-refractivity contribution in [3.63, 3.8) is 0 Å². The van der Waals surface area contributed by atoms with Gasteiger partial charge in [0, 0.05) is 40.7 Å². The second-order valence-electron chi connectivity index (χ2n) is 6.91. The van der Waals surface area contributed by atoms with Gasteiger partial charge in [0.25, 0.3) is 0 Å². The first-order valence-corrected chi connectivity index (χ1v) is 9.84. The number of alkyl halides is 3. The molecule has 3 aromatic carbocycles. The second kappa shape index (κ2) is 10.4. The summed E-state index contributed by atoms with van der Waals surface area (Å²) < 4.78 is 31.7. The summed E-state index contributed by atoms with van der Waals surface area (Å²) in [5.74, 6) is -2.76. The zero-order chi connectivity index (χ0) is 23.0. The molecule has 32 heavy (non-hydrogen) atoms. The summed E-state index contributed by atoms with van der Waals surface area (Å²) in [7, 11) is 0. The lowest BCUT2D eigenvalue weighted by Crippen LogP contribution is -2.21. The Morgan fingerprint density at radius 2 is 1.41 bits per heavy atom. The lowest BCUT2D eigenvalue weighted by molar-refractivity contribution is -0.192. The molecule has 4 rings (SSSR count). The number of aromatic nitrogens is 1. The Labute approximate surface area is 182 Å². The summed E-state index contributed by atoms with van der Waals surface area (Å²) in [6.07, 6.45) is -1.98. The van der Waals surface area contributed by atoms with E-state index in [-0.39, 0.29) is 0 Å². The molecule has 1 aromatic heterocycles. The third kappa shape index (κ3) is 6.53. The summed E-state index contributed by atoms with van der Waals surface area (Å²) in [6.45, 7) is 0.910. The topological polar surface area (TPSA) is 77.2 Å². The number of H-pyrrole nitrogens is 1. The number of fused-ring (bicyclic) bond motifs is 1. The predicted molar refractivity (Wildman–Crippen MR) is 120 cm³/mol. The average molecular weight is 441 g/mol. The molecule has 8 heteroatoms. The molecule has 166 valence electrons. The summed E-state index contributed by atoms with van der Waals surface area (Å²) in [5.41, 5.74) is 5.88. The highest BCUT2D eigenvalue weighted by molar-refractivity contribution is 5.83. The van der Waals surface area contributed by atoms with Crippen molar-refractivity contribution >= 4 is 33.9 Å². The number of hydrogen-bond donors (Lipinski definition) is 4. The molecule has 4 aromatic rings. The predicted octanol–water partition coefficient (Wildman–Crippen LogP) is 6.20. The van der Waals surface area contributed by atoms with Gasteiger partial charge in [0.05, 0.1) is 0 Å². The van der Waals surface area contributed by atoms with Crippen LogP contribution in [0.1, 0.15) is 5.56 Å². The van der Waals surface area contributed by atoms with E-state index < -0.39 is 12.1 Å². The molecular formula is C24H22F3N3O2. The first kappa shape index (κ1) is 22.7. The summed E-state index contributed by atoms with van der Waals surface area (Å²) in [4.78, 5) is 12.2. The molecule has 0 spiro atoms. The van der Waals surface area contributed by atoms with Gasteiger partial charge in [-0.25, -0.2) is 4.79 Å². The van der Waals surface area contributed by atoms with Gasteiger partial charge in [-0.1, -0.05) is 36.4 Å². The van der Waals surface area contributed by atoms with Crippen LogP contribution in [0.5, 0.6) is 0 Å². The van der Waals surface area contributed by atoms with E-state index in [0.717, 1.165) is 30.0 Å². The Kier molecular flexibility index (Phi) is 7.38. The maximum Gasteiger partial charge on any atom is 0.490 e. The number of benzene rings is 3. The Hall–Kier alpha value is -3.94. The minimum atomic E-state index is -5.08. The average Bonchev–Trinajstić information content (AvgIpc) is 3.19. The van der Waals surface area contributed by atoms with Crippen molar-refractivity contribution < 1.29 is 23.1 Å². The van der Waals surface area contributed by atoms with Crippen LogP contribution in [0.2, 0.25) is 0 Å². The van der Waals surface area contributed by atoms with Gasteiger partial charge in [-0.15, -0.1) is 0 Å². The quantitative estimate of drug-likeness (QED) is 0.287. The molecular weight excluding hydrogens is 419 g/mol. The smallest absolute Gasteiger partial charge is 0.475 e. The number of hydrogen-bond acceptors (Lipinski definition) is 3.